The van der Waals surface area contributed by atoms with Crippen LogP contribution in [0.3, 0.4) is 0 Å². The van der Waals surface area contributed by atoms with Gasteiger partial charge in [-0.25, -0.2) is 0 Å². The van der Waals surface area contributed by atoms with Crippen LogP contribution in [-0.4, -0.2) is 72.7 Å². The van der Waals surface area contributed by atoms with Crippen molar-refractivity contribution in [1.29, 1.82) is 0 Å². The van der Waals surface area contributed by atoms with Crippen LogP contribution in [0.1, 0.15) is 12.5 Å². The average molecular weight is 371 g/mol. The lowest BCUT2D eigenvalue weighted by molar-refractivity contribution is -0.273. The summed E-state index contributed by atoms with van der Waals surface area (Å²) >= 11 is 0. The molecular formula is C17H25NO8. The van der Waals surface area contributed by atoms with Gasteiger partial charge in [0, 0.05) is 6.92 Å². The van der Waals surface area contributed by atoms with E-state index in [1.807, 2.05) is 0 Å². The van der Waals surface area contributed by atoms with Crippen molar-refractivity contribution in [2.24, 2.45) is 0 Å². The molecule has 26 heavy (non-hydrogen) atoms. The van der Waals surface area contributed by atoms with Crippen molar-refractivity contribution < 1.29 is 39.1 Å². The first kappa shape index (κ1) is 20.4. The summed E-state index contributed by atoms with van der Waals surface area (Å²) in [7, 11) is 3.05. The van der Waals surface area contributed by atoms with Crippen LogP contribution >= 0.6 is 0 Å². The smallest absolute Gasteiger partial charge is 0.217 e. The topological polar surface area (TPSA) is 127 Å². The van der Waals surface area contributed by atoms with Gasteiger partial charge in [0.05, 0.1) is 27.4 Å². The van der Waals surface area contributed by atoms with Crippen molar-refractivity contribution in [1.82, 2.24) is 5.32 Å². The van der Waals surface area contributed by atoms with Crippen molar-refractivity contribution in [3.05, 3.63) is 23.8 Å². The van der Waals surface area contributed by atoms with Crippen LogP contribution in [0, 0.1) is 0 Å². The normalized spacial score (nSPS) is 28.5. The number of aliphatic hydroxyl groups excluding tert-OH is 3. The molecule has 0 aliphatic carbocycles. The molecule has 0 spiro atoms. The summed E-state index contributed by atoms with van der Waals surface area (Å²) in [5.74, 6) is 0.687. The molecule has 5 atom stereocenters. The molecule has 9 nitrogen and oxygen atoms in total. The number of aliphatic hydroxyl groups is 3. The van der Waals surface area contributed by atoms with Crippen LogP contribution in [0.15, 0.2) is 18.2 Å². The van der Waals surface area contributed by atoms with Crippen LogP contribution in [0.2, 0.25) is 0 Å². The number of carbonyl (C=O) groups is 1. The molecule has 1 fully saturated rings. The van der Waals surface area contributed by atoms with Gasteiger partial charge >= 0.3 is 0 Å². The summed E-state index contributed by atoms with van der Waals surface area (Å²) in [6.07, 6.45) is -4.77. The average Bonchev–Trinajstić information content (AvgIpc) is 2.64. The number of carbonyl (C=O) groups excluding carboxylic acids is 1. The lowest BCUT2D eigenvalue weighted by Crippen LogP contribution is -2.64. The van der Waals surface area contributed by atoms with Gasteiger partial charge in [-0.3, -0.25) is 4.79 Å². The molecular weight excluding hydrogens is 346 g/mol. The molecule has 1 aliphatic heterocycles. The SMILES string of the molecule is COc1ccc(CO[C@H]2O[C@@H](CO)[C@@H](O)[C@H](O)[C@@H]2NC(C)=O)cc1OC. The number of nitrogens with one attached hydrogen (secondary N) is 1. The second-order valence-corrected chi connectivity index (χ2v) is 5.93. The summed E-state index contributed by atoms with van der Waals surface area (Å²) < 4.78 is 21.6. The van der Waals surface area contributed by atoms with Gasteiger partial charge < -0.3 is 39.6 Å². The van der Waals surface area contributed by atoms with Crippen LogP contribution in [-0.2, 0) is 20.9 Å². The highest BCUT2D eigenvalue weighted by atomic mass is 16.7. The number of methoxy groups -OCH3 is 2. The zero-order valence-corrected chi connectivity index (χ0v) is 14.9. The van der Waals surface area contributed by atoms with E-state index in [0.717, 1.165) is 5.56 Å². The first-order valence-corrected chi connectivity index (χ1v) is 8.13. The third-order valence-corrected chi connectivity index (χ3v) is 4.11. The summed E-state index contributed by atoms with van der Waals surface area (Å²) in [5.41, 5.74) is 0.744. The van der Waals surface area contributed by atoms with E-state index in [4.69, 9.17) is 18.9 Å². The molecule has 2 rings (SSSR count). The second-order valence-electron chi connectivity index (χ2n) is 5.93. The lowest BCUT2D eigenvalue weighted by atomic mass is 9.97. The van der Waals surface area contributed by atoms with Crippen LogP contribution in [0.4, 0.5) is 0 Å². The van der Waals surface area contributed by atoms with Gasteiger partial charge in [0.15, 0.2) is 17.8 Å². The van der Waals surface area contributed by atoms with Gasteiger partial charge in [-0.1, -0.05) is 6.07 Å². The number of hydrogen-bond acceptors (Lipinski definition) is 8. The Balaban J connectivity index is 2.12. The fourth-order valence-corrected chi connectivity index (χ4v) is 2.76. The first-order valence-electron chi connectivity index (χ1n) is 8.13. The summed E-state index contributed by atoms with van der Waals surface area (Å²) in [5, 5.41) is 32.0. The van der Waals surface area contributed by atoms with E-state index in [1.165, 1.54) is 21.1 Å². The van der Waals surface area contributed by atoms with E-state index in [-0.39, 0.29) is 6.61 Å². The monoisotopic (exact) mass is 371 g/mol. The van der Waals surface area contributed by atoms with Crippen molar-refractivity contribution in [2.45, 2.75) is 44.2 Å². The maximum Gasteiger partial charge on any atom is 0.217 e. The van der Waals surface area contributed by atoms with Crippen LogP contribution < -0.4 is 14.8 Å². The summed E-state index contributed by atoms with van der Waals surface area (Å²) in [6, 6.07) is 4.24. The Labute approximate surface area is 151 Å². The molecule has 4 N–H and O–H groups in total. The van der Waals surface area contributed by atoms with E-state index in [2.05, 4.69) is 5.32 Å². The summed E-state index contributed by atoms with van der Waals surface area (Å²) in [4.78, 5) is 11.4. The van der Waals surface area contributed by atoms with Crippen molar-refractivity contribution in [3.63, 3.8) is 0 Å². The molecule has 0 aromatic heterocycles. The Kier molecular flexibility index (Phi) is 7.18. The molecule has 1 aromatic carbocycles. The van der Waals surface area contributed by atoms with Gasteiger partial charge in [0.1, 0.15) is 24.4 Å². The Morgan fingerprint density at radius 3 is 2.46 bits per heavy atom. The van der Waals surface area contributed by atoms with E-state index in [9.17, 15) is 20.1 Å². The molecule has 0 unspecified atom stereocenters. The molecule has 0 bridgehead atoms. The highest BCUT2D eigenvalue weighted by Gasteiger charge is 2.45. The molecule has 0 saturated carbocycles. The molecule has 146 valence electrons. The van der Waals surface area contributed by atoms with Gasteiger partial charge in [-0.2, -0.15) is 0 Å². The third-order valence-electron chi connectivity index (χ3n) is 4.11. The largest absolute Gasteiger partial charge is 0.493 e. The molecule has 0 radical (unpaired) electrons. The minimum atomic E-state index is -1.35. The third kappa shape index (κ3) is 4.63. The van der Waals surface area contributed by atoms with E-state index in [0.29, 0.717) is 11.5 Å². The van der Waals surface area contributed by atoms with E-state index >= 15 is 0 Å². The van der Waals surface area contributed by atoms with Gasteiger partial charge in [-0.05, 0) is 17.7 Å². The highest BCUT2D eigenvalue weighted by molar-refractivity contribution is 5.73. The summed E-state index contributed by atoms with van der Waals surface area (Å²) in [6.45, 7) is 0.867. The minimum absolute atomic E-state index is 0.0854. The minimum Gasteiger partial charge on any atom is -0.493 e. The Hall–Kier alpha value is -1.91. The fourth-order valence-electron chi connectivity index (χ4n) is 2.76. The number of rotatable bonds is 7. The number of benzene rings is 1. The molecule has 1 aliphatic rings. The van der Waals surface area contributed by atoms with E-state index in [1.54, 1.807) is 18.2 Å². The quantitative estimate of drug-likeness (QED) is 0.489. The first-order chi connectivity index (χ1) is 12.4. The van der Waals surface area contributed by atoms with Gasteiger partial charge in [0.25, 0.3) is 0 Å². The van der Waals surface area contributed by atoms with Crippen LogP contribution in [0.5, 0.6) is 11.5 Å². The van der Waals surface area contributed by atoms with Crippen molar-refractivity contribution in [3.8, 4) is 11.5 Å². The van der Waals surface area contributed by atoms with E-state index < -0.39 is 43.2 Å². The number of ether oxygens (including phenoxy) is 4. The molecule has 9 heteroatoms. The van der Waals surface area contributed by atoms with Gasteiger partial charge in [-0.15, -0.1) is 0 Å². The van der Waals surface area contributed by atoms with Gasteiger partial charge in [0.2, 0.25) is 5.91 Å². The Morgan fingerprint density at radius 2 is 1.88 bits per heavy atom. The molecule has 1 aromatic rings. The number of hydrogen-bond donors (Lipinski definition) is 4. The Morgan fingerprint density at radius 1 is 1.19 bits per heavy atom. The Bertz CT molecular complexity index is 610. The molecule has 1 heterocycles. The highest BCUT2D eigenvalue weighted by Crippen LogP contribution is 2.29. The fraction of sp³-hybridized carbons (Fsp3) is 0.588. The maximum absolute atomic E-state index is 11.4. The zero-order valence-electron chi connectivity index (χ0n) is 14.9. The molecule has 1 saturated heterocycles. The second kappa shape index (κ2) is 9.15. The van der Waals surface area contributed by atoms with Crippen molar-refractivity contribution >= 4 is 5.91 Å². The predicted molar refractivity (Wildman–Crippen MR) is 89.7 cm³/mol. The lowest BCUT2D eigenvalue weighted by Gasteiger charge is -2.42. The maximum atomic E-state index is 11.4. The van der Waals surface area contributed by atoms with Crippen molar-refractivity contribution in [2.75, 3.05) is 20.8 Å². The van der Waals surface area contributed by atoms with Crippen LogP contribution in [0.25, 0.3) is 0 Å². The molecule has 1 amide bonds. The zero-order chi connectivity index (χ0) is 19.3. The standard InChI is InChI=1S/C17H25NO8/c1-9(20)18-14-16(22)15(21)13(7-19)26-17(14)25-8-10-4-5-11(23-2)12(6-10)24-3/h4-6,13-17,19,21-22H,7-8H2,1-3H3,(H,18,20)/t13-,14-,15+,16+,17-/m0/s1. The predicted octanol–water partition coefficient (Wildman–Crippen LogP) is -0.836. The number of amides is 1.